The summed E-state index contributed by atoms with van der Waals surface area (Å²) < 4.78 is 0. The van der Waals surface area contributed by atoms with Gasteiger partial charge in [0.15, 0.2) is 0 Å². The van der Waals surface area contributed by atoms with Crippen LogP contribution in [0.4, 0.5) is 0 Å². The second-order valence-corrected chi connectivity index (χ2v) is 8.61. The molecule has 0 spiro atoms. The first kappa shape index (κ1) is 20.2. The van der Waals surface area contributed by atoms with E-state index in [4.69, 9.17) is 0 Å². The number of amides is 1. The van der Waals surface area contributed by atoms with Gasteiger partial charge in [-0.2, -0.15) is 0 Å². The average molecular weight is 416 g/mol. The van der Waals surface area contributed by atoms with Gasteiger partial charge in [0.05, 0.1) is 22.6 Å². The highest BCUT2D eigenvalue weighted by molar-refractivity contribution is 7.09. The average Bonchev–Trinajstić information content (AvgIpc) is 3.18. The van der Waals surface area contributed by atoms with Gasteiger partial charge in [-0.3, -0.25) is 9.78 Å². The van der Waals surface area contributed by atoms with Crippen LogP contribution in [-0.2, 0) is 17.6 Å². The number of hydrogen-bond acceptors (Lipinski definition) is 4. The van der Waals surface area contributed by atoms with Crippen LogP contribution in [0.25, 0.3) is 22.2 Å². The summed E-state index contributed by atoms with van der Waals surface area (Å²) >= 11 is 1.66. The number of thiazole rings is 1. The van der Waals surface area contributed by atoms with Crippen LogP contribution >= 0.6 is 11.3 Å². The van der Waals surface area contributed by atoms with Gasteiger partial charge in [-0.25, -0.2) is 4.98 Å². The Hall–Kier alpha value is -3.05. The van der Waals surface area contributed by atoms with Crippen molar-refractivity contribution in [3.63, 3.8) is 0 Å². The number of nitrogens with one attached hydrogen (secondary N) is 1. The third kappa shape index (κ3) is 4.41. The number of fused-ring (bicyclic) bond motifs is 1. The highest BCUT2D eigenvalue weighted by Gasteiger charge is 2.12. The van der Waals surface area contributed by atoms with Crippen molar-refractivity contribution in [2.75, 3.05) is 6.54 Å². The third-order valence-corrected chi connectivity index (χ3v) is 6.20. The molecule has 0 aliphatic heterocycles. The number of carbonyl (C=O) groups is 1. The van der Waals surface area contributed by atoms with Crippen molar-refractivity contribution in [1.29, 1.82) is 0 Å². The highest BCUT2D eigenvalue weighted by Crippen LogP contribution is 2.23. The Kier molecular flexibility index (Phi) is 5.91. The molecule has 4 rings (SSSR count). The van der Waals surface area contributed by atoms with Crippen LogP contribution in [-0.4, -0.2) is 22.4 Å². The minimum absolute atomic E-state index is 0.0350. The third-order valence-electron chi connectivity index (χ3n) is 5.43. The molecule has 4 nitrogen and oxygen atoms in total. The number of pyridine rings is 1. The van der Waals surface area contributed by atoms with E-state index in [0.29, 0.717) is 13.0 Å². The Bertz CT molecular complexity index is 1190. The van der Waals surface area contributed by atoms with Crippen LogP contribution in [0.2, 0.25) is 0 Å². The maximum Gasteiger partial charge on any atom is 0.224 e. The van der Waals surface area contributed by atoms with E-state index < -0.39 is 0 Å². The first-order valence-electron chi connectivity index (χ1n) is 10.1. The van der Waals surface area contributed by atoms with Gasteiger partial charge >= 0.3 is 0 Å². The van der Waals surface area contributed by atoms with E-state index in [2.05, 4.69) is 57.9 Å². The summed E-state index contributed by atoms with van der Waals surface area (Å²) in [6.07, 6.45) is 1.16. The highest BCUT2D eigenvalue weighted by atomic mass is 32.1. The Labute approximate surface area is 181 Å². The molecular formula is C25H25N3OS. The number of rotatable bonds is 6. The molecule has 2 heterocycles. The van der Waals surface area contributed by atoms with E-state index >= 15 is 0 Å². The predicted octanol–water partition coefficient (Wildman–Crippen LogP) is 5.18. The number of aromatic nitrogens is 2. The van der Waals surface area contributed by atoms with Crippen molar-refractivity contribution in [3.8, 4) is 11.3 Å². The molecule has 0 bridgehead atoms. The number of nitrogens with zero attached hydrogens (tertiary/aromatic N) is 2. The summed E-state index contributed by atoms with van der Waals surface area (Å²) in [6, 6.07) is 16.5. The van der Waals surface area contributed by atoms with Crippen molar-refractivity contribution in [3.05, 3.63) is 81.3 Å². The van der Waals surface area contributed by atoms with Gasteiger partial charge in [0, 0.05) is 28.6 Å². The van der Waals surface area contributed by atoms with Gasteiger partial charge in [-0.1, -0.05) is 42.5 Å². The monoisotopic (exact) mass is 415 g/mol. The molecule has 0 saturated heterocycles. The quantitative estimate of drug-likeness (QED) is 0.472. The molecule has 30 heavy (non-hydrogen) atoms. The van der Waals surface area contributed by atoms with Gasteiger partial charge in [0.25, 0.3) is 0 Å². The summed E-state index contributed by atoms with van der Waals surface area (Å²) in [6.45, 7) is 6.69. The van der Waals surface area contributed by atoms with E-state index in [1.807, 2.05) is 32.0 Å². The van der Waals surface area contributed by atoms with Crippen LogP contribution in [0.5, 0.6) is 0 Å². The SMILES string of the molecule is Cc1nc(-c2ccc(CCNC(=O)Cc3c(C)nc4ccccc4c3C)cc2)cs1. The van der Waals surface area contributed by atoms with Crippen LogP contribution in [0.3, 0.4) is 0 Å². The minimum atomic E-state index is 0.0350. The lowest BCUT2D eigenvalue weighted by Crippen LogP contribution is -2.28. The van der Waals surface area contributed by atoms with E-state index in [9.17, 15) is 4.79 Å². The first-order valence-corrected chi connectivity index (χ1v) is 11.0. The molecule has 0 aliphatic rings. The van der Waals surface area contributed by atoms with Gasteiger partial charge in [0.1, 0.15) is 0 Å². The summed E-state index contributed by atoms with van der Waals surface area (Å²) in [5.41, 5.74) is 7.41. The fourth-order valence-electron chi connectivity index (χ4n) is 3.74. The fraction of sp³-hybridized carbons (Fsp3) is 0.240. The predicted molar refractivity (Wildman–Crippen MR) is 124 cm³/mol. The summed E-state index contributed by atoms with van der Waals surface area (Å²) in [5.74, 6) is 0.0350. The van der Waals surface area contributed by atoms with Crippen molar-refractivity contribution >= 4 is 28.1 Å². The Morgan fingerprint density at radius 1 is 1.00 bits per heavy atom. The number of aryl methyl sites for hydroxylation is 3. The Morgan fingerprint density at radius 2 is 1.77 bits per heavy atom. The maximum absolute atomic E-state index is 12.5. The molecule has 1 amide bonds. The molecule has 152 valence electrons. The normalized spacial score (nSPS) is 11.0. The van der Waals surface area contributed by atoms with Gasteiger partial charge in [-0.05, 0) is 49.9 Å². The number of hydrogen-bond donors (Lipinski definition) is 1. The zero-order valence-corrected chi connectivity index (χ0v) is 18.3. The van der Waals surface area contributed by atoms with Crippen molar-refractivity contribution in [1.82, 2.24) is 15.3 Å². The molecule has 4 aromatic rings. The molecule has 0 saturated carbocycles. The van der Waals surface area contributed by atoms with E-state index in [1.165, 1.54) is 5.56 Å². The lowest BCUT2D eigenvalue weighted by Gasteiger charge is -2.13. The van der Waals surface area contributed by atoms with Crippen LogP contribution in [0, 0.1) is 20.8 Å². The van der Waals surface area contributed by atoms with Gasteiger partial charge < -0.3 is 5.32 Å². The number of benzene rings is 2. The molecule has 2 aromatic carbocycles. The van der Waals surface area contributed by atoms with Crippen molar-refractivity contribution in [2.45, 2.75) is 33.6 Å². The topological polar surface area (TPSA) is 54.9 Å². The van der Waals surface area contributed by atoms with E-state index in [0.717, 1.165) is 50.4 Å². The Balaban J connectivity index is 1.35. The summed E-state index contributed by atoms with van der Waals surface area (Å²) in [5, 5.41) is 7.32. The number of carbonyl (C=O) groups excluding carboxylic acids is 1. The first-order chi connectivity index (χ1) is 14.5. The molecule has 0 fully saturated rings. The summed E-state index contributed by atoms with van der Waals surface area (Å²) in [7, 11) is 0. The summed E-state index contributed by atoms with van der Waals surface area (Å²) in [4.78, 5) is 21.7. The van der Waals surface area contributed by atoms with Gasteiger partial charge in [-0.15, -0.1) is 11.3 Å². The van der Waals surface area contributed by atoms with Gasteiger partial charge in [0.2, 0.25) is 5.91 Å². The number of para-hydroxylation sites is 1. The molecular weight excluding hydrogens is 390 g/mol. The molecule has 0 unspecified atom stereocenters. The zero-order valence-electron chi connectivity index (χ0n) is 17.5. The standard InChI is InChI=1S/C25H25N3OS/c1-16-21-6-4-5-7-23(21)27-17(2)22(16)14-25(29)26-13-12-19-8-10-20(11-9-19)24-15-30-18(3)28-24/h4-11,15H,12-14H2,1-3H3,(H,26,29). The van der Waals surface area contributed by atoms with Crippen molar-refractivity contribution < 1.29 is 4.79 Å². The molecule has 1 N–H and O–H groups in total. The van der Waals surface area contributed by atoms with E-state index in [-0.39, 0.29) is 5.91 Å². The fourth-order valence-corrected chi connectivity index (χ4v) is 4.36. The van der Waals surface area contributed by atoms with Crippen LogP contribution in [0.1, 0.15) is 27.4 Å². The molecule has 5 heteroatoms. The second-order valence-electron chi connectivity index (χ2n) is 7.54. The zero-order chi connectivity index (χ0) is 21.1. The van der Waals surface area contributed by atoms with Crippen molar-refractivity contribution in [2.24, 2.45) is 0 Å². The Morgan fingerprint density at radius 3 is 2.50 bits per heavy atom. The maximum atomic E-state index is 12.5. The molecule has 0 radical (unpaired) electrons. The largest absolute Gasteiger partial charge is 0.355 e. The molecule has 0 aliphatic carbocycles. The van der Waals surface area contributed by atoms with E-state index in [1.54, 1.807) is 11.3 Å². The molecule has 2 aromatic heterocycles. The van der Waals surface area contributed by atoms with Crippen LogP contribution in [0.15, 0.2) is 53.9 Å². The second kappa shape index (κ2) is 8.76. The van der Waals surface area contributed by atoms with Crippen LogP contribution < -0.4 is 5.32 Å². The molecule has 0 atom stereocenters. The minimum Gasteiger partial charge on any atom is -0.355 e. The smallest absolute Gasteiger partial charge is 0.224 e. The lowest BCUT2D eigenvalue weighted by atomic mass is 9.99. The lowest BCUT2D eigenvalue weighted by molar-refractivity contribution is -0.120.